The molecule has 2 aromatic rings. The molecule has 2 heterocycles. The van der Waals surface area contributed by atoms with Crippen molar-refractivity contribution in [1.82, 2.24) is 14.9 Å². The molecule has 8 heteroatoms. The molecule has 0 bridgehead atoms. The van der Waals surface area contributed by atoms with E-state index in [-0.39, 0.29) is 11.7 Å². The van der Waals surface area contributed by atoms with Gasteiger partial charge < -0.3 is 9.73 Å². The van der Waals surface area contributed by atoms with Crippen LogP contribution in [0.2, 0.25) is 0 Å². The standard InChI is InChI=1S/C12H14N4O4/c1-9(11-3-2-6-20-11)13-4-5-15-8-10(16(18)19)7-14-12(15)17/h2-3,6-9,13H,4-5H2,1H3. The number of rotatable bonds is 6. The third kappa shape index (κ3) is 3.29. The lowest BCUT2D eigenvalue weighted by Gasteiger charge is -2.11. The second kappa shape index (κ2) is 6.11. The summed E-state index contributed by atoms with van der Waals surface area (Å²) < 4.78 is 6.45. The molecule has 1 atom stereocenters. The lowest BCUT2D eigenvalue weighted by atomic mass is 10.2. The summed E-state index contributed by atoms with van der Waals surface area (Å²) in [5.41, 5.74) is -0.716. The minimum Gasteiger partial charge on any atom is -0.468 e. The van der Waals surface area contributed by atoms with E-state index in [4.69, 9.17) is 4.42 Å². The molecule has 0 radical (unpaired) electrons. The van der Waals surface area contributed by atoms with Gasteiger partial charge in [0, 0.05) is 13.1 Å². The average molecular weight is 278 g/mol. The van der Waals surface area contributed by atoms with Crippen molar-refractivity contribution >= 4 is 5.69 Å². The van der Waals surface area contributed by atoms with E-state index in [1.807, 2.05) is 13.0 Å². The van der Waals surface area contributed by atoms with Crippen molar-refractivity contribution in [2.45, 2.75) is 19.5 Å². The van der Waals surface area contributed by atoms with E-state index in [0.29, 0.717) is 13.1 Å². The Kier molecular flexibility index (Phi) is 4.26. The van der Waals surface area contributed by atoms with Crippen molar-refractivity contribution in [2.24, 2.45) is 0 Å². The van der Waals surface area contributed by atoms with Crippen molar-refractivity contribution < 1.29 is 9.34 Å². The Bertz CT molecular complexity index is 635. The molecule has 0 spiro atoms. The number of nitrogens with zero attached hydrogens (tertiary/aromatic N) is 3. The largest absolute Gasteiger partial charge is 0.468 e. The van der Waals surface area contributed by atoms with Gasteiger partial charge in [-0.15, -0.1) is 0 Å². The van der Waals surface area contributed by atoms with Crippen LogP contribution in [0.1, 0.15) is 18.7 Å². The Morgan fingerprint density at radius 3 is 3.05 bits per heavy atom. The second-order valence-electron chi connectivity index (χ2n) is 4.24. The van der Waals surface area contributed by atoms with E-state index >= 15 is 0 Å². The number of nitrogens with one attached hydrogen (secondary N) is 1. The summed E-state index contributed by atoms with van der Waals surface area (Å²) in [4.78, 5) is 25.0. The average Bonchev–Trinajstić information content (AvgIpc) is 2.94. The first kappa shape index (κ1) is 13.9. The zero-order chi connectivity index (χ0) is 14.5. The number of hydrogen-bond donors (Lipinski definition) is 1. The lowest BCUT2D eigenvalue weighted by Crippen LogP contribution is -2.29. The third-order valence-corrected chi connectivity index (χ3v) is 2.83. The molecule has 0 amide bonds. The normalized spacial score (nSPS) is 12.2. The quantitative estimate of drug-likeness (QED) is 0.626. The van der Waals surface area contributed by atoms with Crippen LogP contribution in [0, 0.1) is 10.1 Å². The molecule has 0 aliphatic heterocycles. The SMILES string of the molecule is CC(NCCn1cc([N+](=O)[O-])cnc1=O)c1ccco1. The summed E-state index contributed by atoms with van der Waals surface area (Å²) >= 11 is 0. The Balaban J connectivity index is 1.95. The van der Waals surface area contributed by atoms with Gasteiger partial charge in [0.2, 0.25) is 0 Å². The molecule has 20 heavy (non-hydrogen) atoms. The van der Waals surface area contributed by atoms with E-state index in [1.54, 1.807) is 12.3 Å². The second-order valence-corrected chi connectivity index (χ2v) is 4.24. The lowest BCUT2D eigenvalue weighted by molar-refractivity contribution is -0.385. The van der Waals surface area contributed by atoms with E-state index in [0.717, 1.165) is 12.0 Å². The first-order valence-electron chi connectivity index (χ1n) is 6.05. The maximum atomic E-state index is 11.5. The molecule has 0 aromatic carbocycles. The molecule has 0 saturated carbocycles. The van der Waals surface area contributed by atoms with Gasteiger partial charge in [-0.05, 0) is 19.1 Å². The summed E-state index contributed by atoms with van der Waals surface area (Å²) in [5.74, 6) is 0.787. The highest BCUT2D eigenvalue weighted by molar-refractivity contribution is 5.20. The number of nitro groups is 1. The smallest absolute Gasteiger partial charge is 0.348 e. The summed E-state index contributed by atoms with van der Waals surface area (Å²) in [6, 6.07) is 3.63. The third-order valence-electron chi connectivity index (χ3n) is 2.83. The van der Waals surface area contributed by atoms with Crippen molar-refractivity contribution in [3.05, 3.63) is 57.1 Å². The molecule has 0 aliphatic carbocycles. The number of furan rings is 1. The fraction of sp³-hybridized carbons (Fsp3) is 0.333. The maximum Gasteiger partial charge on any atom is 0.348 e. The predicted octanol–water partition coefficient (Wildman–Crippen LogP) is 1.10. The van der Waals surface area contributed by atoms with Crippen LogP contribution < -0.4 is 11.0 Å². The van der Waals surface area contributed by atoms with Gasteiger partial charge in [0.1, 0.15) is 12.0 Å². The van der Waals surface area contributed by atoms with Crippen LogP contribution in [0.25, 0.3) is 0 Å². The van der Waals surface area contributed by atoms with Gasteiger partial charge in [-0.3, -0.25) is 14.7 Å². The van der Waals surface area contributed by atoms with Crippen LogP contribution >= 0.6 is 0 Å². The van der Waals surface area contributed by atoms with Gasteiger partial charge in [-0.25, -0.2) is 4.79 Å². The molecule has 0 fully saturated rings. The van der Waals surface area contributed by atoms with Crippen LogP contribution in [0.15, 0.2) is 40.0 Å². The highest BCUT2D eigenvalue weighted by Crippen LogP contribution is 2.11. The van der Waals surface area contributed by atoms with Gasteiger partial charge in [0.15, 0.2) is 0 Å². The predicted molar refractivity (Wildman–Crippen MR) is 70.3 cm³/mol. The zero-order valence-electron chi connectivity index (χ0n) is 10.9. The van der Waals surface area contributed by atoms with Gasteiger partial charge >= 0.3 is 11.4 Å². The van der Waals surface area contributed by atoms with E-state index in [9.17, 15) is 14.9 Å². The Morgan fingerprint density at radius 1 is 1.60 bits per heavy atom. The van der Waals surface area contributed by atoms with Crippen molar-refractivity contribution in [3.63, 3.8) is 0 Å². The Morgan fingerprint density at radius 2 is 2.40 bits per heavy atom. The van der Waals surface area contributed by atoms with Gasteiger partial charge in [0.25, 0.3) is 0 Å². The van der Waals surface area contributed by atoms with Crippen LogP contribution in [0.3, 0.4) is 0 Å². The van der Waals surface area contributed by atoms with Crippen LogP contribution in [0.4, 0.5) is 5.69 Å². The van der Waals surface area contributed by atoms with Crippen molar-refractivity contribution in [2.75, 3.05) is 6.54 Å². The molecule has 0 aliphatic rings. The molecule has 1 unspecified atom stereocenters. The topological polar surface area (TPSA) is 103 Å². The molecule has 1 N–H and O–H groups in total. The van der Waals surface area contributed by atoms with Crippen LogP contribution in [-0.4, -0.2) is 21.0 Å². The van der Waals surface area contributed by atoms with E-state index in [2.05, 4.69) is 10.3 Å². The highest BCUT2D eigenvalue weighted by Gasteiger charge is 2.10. The first-order chi connectivity index (χ1) is 9.58. The Labute approximate surface area is 114 Å². The minimum absolute atomic E-state index is 0.00707. The van der Waals surface area contributed by atoms with Crippen molar-refractivity contribution in [1.29, 1.82) is 0 Å². The Hall–Kier alpha value is -2.48. The van der Waals surface area contributed by atoms with Crippen LogP contribution in [-0.2, 0) is 6.54 Å². The molecule has 2 aromatic heterocycles. The van der Waals surface area contributed by atoms with Crippen molar-refractivity contribution in [3.8, 4) is 0 Å². The summed E-state index contributed by atoms with van der Waals surface area (Å²) in [5, 5.41) is 13.8. The first-order valence-corrected chi connectivity index (χ1v) is 6.05. The van der Waals surface area contributed by atoms with Gasteiger partial charge in [0.05, 0.1) is 23.4 Å². The molecule has 106 valence electrons. The fourth-order valence-corrected chi connectivity index (χ4v) is 1.74. The van der Waals surface area contributed by atoms with Crippen LogP contribution in [0.5, 0.6) is 0 Å². The summed E-state index contributed by atoms with van der Waals surface area (Å²) in [6.07, 6.45) is 3.73. The fourth-order valence-electron chi connectivity index (χ4n) is 1.74. The number of aromatic nitrogens is 2. The molecular formula is C12H14N4O4. The minimum atomic E-state index is -0.582. The number of hydrogen-bond acceptors (Lipinski definition) is 6. The van der Waals surface area contributed by atoms with Gasteiger partial charge in [-0.1, -0.05) is 0 Å². The molecule has 8 nitrogen and oxygen atoms in total. The summed E-state index contributed by atoms with van der Waals surface area (Å²) in [6.45, 7) is 2.68. The maximum absolute atomic E-state index is 11.5. The van der Waals surface area contributed by atoms with E-state index in [1.165, 1.54) is 10.8 Å². The summed E-state index contributed by atoms with van der Waals surface area (Å²) in [7, 11) is 0. The van der Waals surface area contributed by atoms with E-state index < -0.39 is 10.6 Å². The van der Waals surface area contributed by atoms with Gasteiger partial charge in [-0.2, -0.15) is 4.98 Å². The monoisotopic (exact) mass is 278 g/mol. The molecule has 2 rings (SSSR count). The molecular weight excluding hydrogens is 264 g/mol. The molecule has 0 saturated heterocycles. The highest BCUT2D eigenvalue weighted by atomic mass is 16.6. The zero-order valence-corrected chi connectivity index (χ0v) is 10.9.